The van der Waals surface area contributed by atoms with Crippen LogP contribution in [0.1, 0.15) is 6.92 Å². The molecule has 1 aromatic rings. The Hall–Kier alpha value is -1.45. The molecule has 20 heavy (non-hydrogen) atoms. The van der Waals surface area contributed by atoms with E-state index in [2.05, 4.69) is 10.0 Å². The predicted octanol–water partition coefficient (Wildman–Crippen LogP) is -0.495. The van der Waals surface area contributed by atoms with Crippen molar-refractivity contribution >= 4 is 25.8 Å². The van der Waals surface area contributed by atoms with Gasteiger partial charge in [-0.25, -0.2) is 21.6 Å². The van der Waals surface area contributed by atoms with Crippen molar-refractivity contribution in [2.45, 2.75) is 16.7 Å². The molecule has 0 fully saturated rings. The van der Waals surface area contributed by atoms with Crippen LogP contribution in [0.25, 0.3) is 0 Å². The van der Waals surface area contributed by atoms with Crippen molar-refractivity contribution in [3.8, 4) is 0 Å². The van der Waals surface area contributed by atoms with Gasteiger partial charge in [0.2, 0.25) is 15.9 Å². The maximum atomic E-state index is 11.9. The lowest BCUT2D eigenvalue weighted by Crippen LogP contribution is -2.36. The molecule has 112 valence electrons. The van der Waals surface area contributed by atoms with Crippen LogP contribution in [0, 0.1) is 0 Å². The number of sulfonamides is 1. The molecule has 0 saturated carbocycles. The SMILES string of the molecule is CCNC(=O)CNS(=O)(=O)c1ccc(S(C)(=O)=O)cc1. The first kappa shape index (κ1) is 16.6. The topological polar surface area (TPSA) is 109 Å². The minimum absolute atomic E-state index is 0.0279. The van der Waals surface area contributed by atoms with E-state index in [-0.39, 0.29) is 16.3 Å². The van der Waals surface area contributed by atoms with Crippen LogP contribution < -0.4 is 10.0 Å². The van der Waals surface area contributed by atoms with Crippen LogP contribution in [-0.4, -0.2) is 42.1 Å². The van der Waals surface area contributed by atoms with E-state index >= 15 is 0 Å². The molecule has 0 bridgehead atoms. The summed E-state index contributed by atoms with van der Waals surface area (Å²) in [5, 5.41) is 2.45. The van der Waals surface area contributed by atoms with E-state index in [1.54, 1.807) is 6.92 Å². The molecule has 0 aliphatic rings. The molecule has 0 unspecified atom stereocenters. The lowest BCUT2D eigenvalue weighted by Gasteiger charge is -2.07. The van der Waals surface area contributed by atoms with E-state index in [0.29, 0.717) is 6.54 Å². The summed E-state index contributed by atoms with van der Waals surface area (Å²) >= 11 is 0. The van der Waals surface area contributed by atoms with Crippen molar-refractivity contribution in [2.24, 2.45) is 0 Å². The van der Waals surface area contributed by atoms with Gasteiger partial charge in [-0.05, 0) is 31.2 Å². The maximum absolute atomic E-state index is 11.9. The van der Waals surface area contributed by atoms with E-state index < -0.39 is 25.8 Å². The standard InChI is InChI=1S/C11H16N2O5S2/c1-3-12-11(14)8-13-20(17,18)10-6-4-9(5-7-10)19(2,15)16/h4-7,13H,3,8H2,1-2H3,(H,12,14). The normalized spacial score (nSPS) is 12.1. The molecule has 0 heterocycles. The minimum Gasteiger partial charge on any atom is -0.355 e. The molecule has 1 amide bonds. The number of hydrogen-bond donors (Lipinski definition) is 2. The Morgan fingerprint density at radius 2 is 1.55 bits per heavy atom. The first-order valence-corrected chi connectivity index (χ1v) is 9.11. The van der Waals surface area contributed by atoms with Gasteiger partial charge >= 0.3 is 0 Å². The number of benzene rings is 1. The Balaban J connectivity index is 2.86. The molecule has 9 heteroatoms. The Morgan fingerprint density at radius 1 is 1.05 bits per heavy atom. The highest BCUT2D eigenvalue weighted by Crippen LogP contribution is 2.13. The molecule has 0 aliphatic carbocycles. The molecule has 1 aromatic carbocycles. The van der Waals surface area contributed by atoms with Crippen LogP contribution in [0.4, 0.5) is 0 Å². The second kappa shape index (κ2) is 6.33. The number of nitrogens with one attached hydrogen (secondary N) is 2. The van der Waals surface area contributed by atoms with E-state index in [1.165, 1.54) is 24.3 Å². The van der Waals surface area contributed by atoms with Crippen LogP contribution in [0.3, 0.4) is 0 Å². The number of sulfone groups is 1. The van der Waals surface area contributed by atoms with Crippen LogP contribution in [0.2, 0.25) is 0 Å². The molecule has 0 atom stereocenters. The maximum Gasteiger partial charge on any atom is 0.241 e. The summed E-state index contributed by atoms with van der Waals surface area (Å²) in [6.45, 7) is 1.75. The summed E-state index contributed by atoms with van der Waals surface area (Å²) in [7, 11) is -7.22. The Kier molecular flexibility index (Phi) is 5.26. The first-order chi connectivity index (χ1) is 9.16. The smallest absolute Gasteiger partial charge is 0.241 e. The number of hydrogen-bond acceptors (Lipinski definition) is 5. The van der Waals surface area contributed by atoms with Gasteiger partial charge in [0.05, 0.1) is 16.3 Å². The average molecular weight is 320 g/mol. The monoisotopic (exact) mass is 320 g/mol. The van der Waals surface area contributed by atoms with E-state index in [9.17, 15) is 21.6 Å². The molecule has 7 nitrogen and oxygen atoms in total. The van der Waals surface area contributed by atoms with Crippen LogP contribution in [0.15, 0.2) is 34.1 Å². The molecule has 0 saturated heterocycles. The van der Waals surface area contributed by atoms with Crippen molar-refractivity contribution in [3.05, 3.63) is 24.3 Å². The van der Waals surface area contributed by atoms with Gasteiger partial charge in [-0.2, -0.15) is 0 Å². The Labute approximate surface area is 118 Å². The highest BCUT2D eigenvalue weighted by Gasteiger charge is 2.16. The lowest BCUT2D eigenvalue weighted by molar-refractivity contribution is -0.119. The van der Waals surface area contributed by atoms with Crippen LogP contribution >= 0.6 is 0 Å². The molecule has 0 radical (unpaired) electrons. The molecule has 0 aromatic heterocycles. The van der Waals surface area contributed by atoms with Gasteiger partial charge in [0.15, 0.2) is 9.84 Å². The summed E-state index contributed by atoms with van der Waals surface area (Å²) in [4.78, 5) is 11.1. The zero-order valence-corrected chi connectivity index (χ0v) is 12.7. The molecular formula is C11H16N2O5S2. The van der Waals surface area contributed by atoms with Gasteiger partial charge in [0.25, 0.3) is 0 Å². The summed E-state index contributed by atoms with van der Waals surface area (Å²) < 4.78 is 48.4. The third kappa shape index (κ3) is 4.58. The number of carbonyl (C=O) groups is 1. The molecule has 2 N–H and O–H groups in total. The number of carbonyl (C=O) groups excluding carboxylic acids is 1. The third-order valence-corrected chi connectivity index (χ3v) is 4.90. The van der Waals surface area contributed by atoms with E-state index in [1.807, 2.05) is 0 Å². The summed E-state index contributed by atoms with van der Waals surface area (Å²) in [6, 6.07) is 4.76. The number of amides is 1. The zero-order valence-electron chi connectivity index (χ0n) is 11.1. The Bertz CT molecular complexity index is 678. The van der Waals surface area contributed by atoms with Gasteiger partial charge in [0.1, 0.15) is 0 Å². The minimum atomic E-state index is -3.84. The highest BCUT2D eigenvalue weighted by atomic mass is 32.2. The number of likely N-dealkylation sites (N-methyl/N-ethyl adjacent to an activating group) is 1. The van der Waals surface area contributed by atoms with Crippen LogP contribution in [-0.2, 0) is 24.7 Å². The highest BCUT2D eigenvalue weighted by molar-refractivity contribution is 7.90. The fourth-order valence-corrected chi connectivity index (χ4v) is 2.98. The number of rotatable bonds is 6. The van der Waals surface area contributed by atoms with Crippen molar-refractivity contribution in [2.75, 3.05) is 19.3 Å². The molecule has 1 rings (SSSR count). The quantitative estimate of drug-likeness (QED) is 0.734. The van der Waals surface area contributed by atoms with Gasteiger partial charge in [-0.15, -0.1) is 0 Å². The van der Waals surface area contributed by atoms with Gasteiger partial charge < -0.3 is 5.32 Å². The second-order valence-corrected chi connectivity index (χ2v) is 7.80. The fourth-order valence-electron chi connectivity index (χ4n) is 1.37. The van der Waals surface area contributed by atoms with Crippen molar-refractivity contribution < 1.29 is 21.6 Å². The van der Waals surface area contributed by atoms with Crippen molar-refractivity contribution in [1.29, 1.82) is 0 Å². The summed E-state index contributed by atoms with van der Waals surface area (Å²) in [5.41, 5.74) is 0. The van der Waals surface area contributed by atoms with Crippen molar-refractivity contribution in [1.82, 2.24) is 10.0 Å². The van der Waals surface area contributed by atoms with Gasteiger partial charge in [0, 0.05) is 12.8 Å². The molecular weight excluding hydrogens is 304 g/mol. The molecule has 0 spiro atoms. The zero-order chi connectivity index (χ0) is 15.4. The van der Waals surface area contributed by atoms with Crippen LogP contribution in [0.5, 0.6) is 0 Å². The van der Waals surface area contributed by atoms with E-state index in [4.69, 9.17) is 0 Å². The van der Waals surface area contributed by atoms with Crippen molar-refractivity contribution in [3.63, 3.8) is 0 Å². The largest absolute Gasteiger partial charge is 0.355 e. The Morgan fingerprint density at radius 3 is 2.00 bits per heavy atom. The van der Waals surface area contributed by atoms with E-state index in [0.717, 1.165) is 6.26 Å². The summed E-state index contributed by atoms with van der Waals surface area (Å²) in [5.74, 6) is -0.441. The fraction of sp³-hybridized carbons (Fsp3) is 0.364. The molecule has 0 aliphatic heterocycles. The predicted molar refractivity (Wildman–Crippen MR) is 73.4 cm³/mol. The summed E-state index contributed by atoms with van der Waals surface area (Å²) in [6.07, 6.45) is 1.03. The second-order valence-electron chi connectivity index (χ2n) is 4.02. The lowest BCUT2D eigenvalue weighted by atomic mass is 10.4. The first-order valence-electron chi connectivity index (χ1n) is 5.73. The average Bonchev–Trinajstić information content (AvgIpc) is 2.36. The van der Waals surface area contributed by atoms with Gasteiger partial charge in [-0.3, -0.25) is 4.79 Å². The third-order valence-electron chi connectivity index (χ3n) is 2.36. The van der Waals surface area contributed by atoms with Gasteiger partial charge in [-0.1, -0.05) is 0 Å².